The third-order valence-corrected chi connectivity index (χ3v) is 16.1. The minimum absolute atomic E-state index is 0.174. The molecule has 1 spiro atoms. The first-order chi connectivity index (χ1) is 32.3. The molecule has 0 bridgehead atoms. The van der Waals surface area contributed by atoms with Crippen LogP contribution in [0.15, 0.2) is 71.5 Å². The molecule has 1 unspecified atom stereocenters. The maximum atomic E-state index is 13.6. The summed E-state index contributed by atoms with van der Waals surface area (Å²) in [7, 11) is -1.02. The first-order valence-corrected chi connectivity index (χ1v) is 26.7. The summed E-state index contributed by atoms with van der Waals surface area (Å²) in [5.74, 6) is 7.43. The van der Waals surface area contributed by atoms with Gasteiger partial charge < -0.3 is 34.6 Å². The number of carbonyl (C=O) groups is 3. The summed E-state index contributed by atoms with van der Waals surface area (Å²) in [5.41, 5.74) is 7.28. The Morgan fingerprint density at radius 1 is 0.955 bits per heavy atom. The van der Waals surface area contributed by atoms with Gasteiger partial charge >= 0.3 is 0 Å². The number of nitrogens with one attached hydrogen (secondary N) is 3. The average molecular weight is 987 g/mol. The zero-order valence-electron chi connectivity index (χ0n) is 38.6. The summed E-state index contributed by atoms with van der Waals surface area (Å²) >= 11 is 3.61. The van der Waals surface area contributed by atoms with Crippen LogP contribution >= 0.6 is 23.1 Å². The Hall–Kier alpha value is -5.81. The van der Waals surface area contributed by atoms with Crippen molar-refractivity contribution in [1.82, 2.24) is 30.1 Å². The second-order valence-corrected chi connectivity index (χ2v) is 22.5. The minimum Gasteiger partial charge on any atom is -0.494 e. The van der Waals surface area contributed by atoms with E-state index in [0.717, 1.165) is 97.8 Å². The fourth-order valence-corrected chi connectivity index (χ4v) is 12.0. The number of hydrogen-bond donors (Lipinski definition) is 3. The second-order valence-electron chi connectivity index (χ2n) is 18.5. The number of amides is 3. The number of aryl methyl sites for hydroxylation is 1. The normalized spacial score (nSPS) is 18.4. The number of likely N-dealkylation sites (tertiary alicyclic amines) is 1. The molecule has 0 aliphatic carbocycles. The minimum atomic E-state index is -2.71. The van der Waals surface area contributed by atoms with E-state index >= 15 is 0 Å². The highest BCUT2D eigenvalue weighted by atomic mass is 79.9. The summed E-state index contributed by atoms with van der Waals surface area (Å²) in [6, 6.07) is 17.0. The van der Waals surface area contributed by atoms with Crippen LogP contribution in [0.1, 0.15) is 85.3 Å². The van der Waals surface area contributed by atoms with E-state index in [-0.39, 0.29) is 18.2 Å². The second kappa shape index (κ2) is 19.4. The Kier molecular flexibility index (Phi) is 13.4. The Balaban J connectivity index is 0.782. The number of pyridine rings is 1. The van der Waals surface area contributed by atoms with Gasteiger partial charge in [-0.25, -0.2) is 4.98 Å². The summed E-state index contributed by atoms with van der Waals surface area (Å²) < 4.78 is 20.2. The van der Waals surface area contributed by atoms with Crippen LogP contribution in [-0.2, 0) is 27.1 Å². The molecule has 6 heterocycles. The molecule has 0 radical (unpaired) electrons. The molecule has 5 aromatic rings. The highest BCUT2D eigenvalue weighted by Crippen LogP contribution is 2.45. The number of unbranched alkanes of at least 4 members (excludes halogenated alkanes) is 1. The molecule has 3 fully saturated rings. The maximum Gasteiger partial charge on any atom is 0.255 e. The lowest BCUT2D eigenvalue weighted by Gasteiger charge is -2.47. The highest BCUT2D eigenvalue weighted by molar-refractivity contribution is 9.10. The third kappa shape index (κ3) is 9.80. The number of carbonyl (C=O) groups excluding carboxylic acids is 3. The van der Waals surface area contributed by atoms with Gasteiger partial charge in [0.25, 0.3) is 5.91 Å². The third-order valence-electron chi connectivity index (χ3n) is 14.0. The van der Waals surface area contributed by atoms with Crippen LogP contribution in [0.3, 0.4) is 0 Å². The van der Waals surface area contributed by atoms with Crippen molar-refractivity contribution in [3.05, 3.63) is 93.7 Å². The standard InChI is InChI=1S/C51H57BrN9O5P/c1-5-33-28-40(56-50-54-30-38(52)47(58-50)55-41-31-53-39-16-9-8-14-36(39)46(41)67(3,4)65)44(66-2)29-43(33)60-26-21-51(22-27-60)19-24-59(25-20-51)23-10-6-7-12-34-13-11-15-35-37(34)32-61(49(35)64)42-17-18-45(62)57-48(42)63/h8-9,11,13-16,28-31,42H,5-6,10,17-27,32H2,1-4H3,(H,57,62,63)(H2,54,55,56,58). The van der Waals surface area contributed by atoms with Crippen molar-refractivity contribution in [3.8, 4) is 17.6 Å². The number of rotatable bonds is 12. The molecule has 3 aromatic carbocycles. The van der Waals surface area contributed by atoms with Gasteiger partial charge in [0.15, 0.2) is 0 Å². The maximum absolute atomic E-state index is 13.6. The molecule has 348 valence electrons. The predicted octanol–water partition coefficient (Wildman–Crippen LogP) is 8.37. The van der Waals surface area contributed by atoms with Crippen molar-refractivity contribution >= 4 is 85.8 Å². The summed E-state index contributed by atoms with van der Waals surface area (Å²) in [4.78, 5) is 58.1. The van der Waals surface area contributed by atoms with E-state index in [0.29, 0.717) is 51.6 Å². The zero-order valence-corrected chi connectivity index (χ0v) is 41.1. The number of hydrogen-bond acceptors (Lipinski definition) is 12. The van der Waals surface area contributed by atoms with E-state index in [9.17, 15) is 18.9 Å². The van der Waals surface area contributed by atoms with E-state index in [1.807, 2.05) is 36.4 Å². The van der Waals surface area contributed by atoms with E-state index < -0.39 is 19.1 Å². The molecule has 3 saturated heterocycles. The molecular weight excluding hydrogens is 929 g/mol. The van der Waals surface area contributed by atoms with Crippen LogP contribution in [0.4, 0.5) is 28.8 Å². The molecule has 16 heteroatoms. The number of aromatic nitrogens is 3. The Morgan fingerprint density at radius 3 is 2.48 bits per heavy atom. The van der Waals surface area contributed by atoms with Crippen LogP contribution in [0.25, 0.3) is 10.9 Å². The lowest BCUT2D eigenvalue weighted by atomic mass is 9.71. The zero-order chi connectivity index (χ0) is 46.9. The SMILES string of the molecule is CCc1cc(Nc2ncc(Br)c(Nc3cnc4ccccc4c3P(C)(C)=O)n2)c(OC)cc1N1CCC2(CCN(CCCC#Cc3cccc4c3CN(C3CCC(=O)NC3=O)C4=O)CC2)CC1. The van der Waals surface area contributed by atoms with Crippen LogP contribution in [0.2, 0.25) is 0 Å². The number of fused-ring (bicyclic) bond motifs is 2. The van der Waals surface area contributed by atoms with Gasteiger partial charge in [0, 0.05) is 72.2 Å². The molecule has 4 aliphatic rings. The van der Waals surface area contributed by atoms with Gasteiger partial charge in [0.1, 0.15) is 24.8 Å². The number of imide groups is 1. The van der Waals surface area contributed by atoms with E-state index in [1.54, 1.807) is 43.8 Å². The molecular formula is C51H57BrN9O5P. The van der Waals surface area contributed by atoms with Gasteiger partial charge in [-0.05, 0) is 135 Å². The quantitative estimate of drug-likeness (QED) is 0.0475. The fourth-order valence-electron chi connectivity index (χ4n) is 10.2. The molecule has 67 heavy (non-hydrogen) atoms. The van der Waals surface area contributed by atoms with Crippen molar-refractivity contribution in [3.63, 3.8) is 0 Å². The number of benzene rings is 3. The highest BCUT2D eigenvalue weighted by Gasteiger charge is 2.40. The lowest BCUT2D eigenvalue weighted by Crippen LogP contribution is -2.52. The van der Waals surface area contributed by atoms with E-state index in [1.165, 1.54) is 24.1 Å². The van der Waals surface area contributed by atoms with Crippen molar-refractivity contribution < 1.29 is 23.7 Å². The van der Waals surface area contributed by atoms with Gasteiger partial charge in [-0.1, -0.05) is 43.0 Å². The van der Waals surface area contributed by atoms with Gasteiger partial charge in [0.2, 0.25) is 17.8 Å². The predicted molar refractivity (Wildman–Crippen MR) is 268 cm³/mol. The van der Waals surface area contributed by atoms with Crippen LogP contribution in [0, 0.1) is 17.3 Å². The monoisotopic (exact) mass is 985 g/mol. The van der Waals surface area contributed by atoms with E-state index in [4.69, 9.17) is 9.72 Å². The summed E-state index contributed by atoms with van der Waals surface area (Å²) in [5, 5.41) is 10.8. The number of para-hydroxylation sites is 1. The summed E-state index contributed by atoms with van der Waals surface area (Å²) in [6.07, 6.45) is 11.3. The van der Waals surface area contributed by atoms with Crippen LogP contribution in [-0.4, -0.2) is 102 Å². The molecule has 1 atom stereocenters. The number of ether oxygens (including phenoxy) is 1. The van der Waals surface area contributed by atoms with Crippen molar-refractivity contribution in [2.75, 3.05) is 68.7 Å². The van der Waals surface area contributed by atoms with Gasteiger partial charge in [0.05, 0.1) is 34.7 Å². The molecule has 14 nitrogen and oxygen atoms in total. The Bertz CT molecular complexity index is 2860. The smallest absolute Gasteiger partial charge is 0.255 e. The first kappa shape index (κ1) is 46.3. The Labute approximate surface area is 400 Å². The molecule has 4 aliphatic heterocycles. The van der Waals surface area contributed by atoms with Gasteiger partial charge in [-0.15, -0.1) is 0 Å². The molecule has 3 N–H and O–H groups in total. The van der Waals surface area contributed by atoms with Crippen molar-refractivity contribution in [2.45, 2.75) is 77.3 Å². The lowest BCUT2D eigenvalue weighted by molar-refractivity contribution is -0.136. The van der Waals surface area contributed by atoms with Crippen molar-refractivity contribution in [2.24, 2.45) is 5.41 Å². The van der Waals surface area contributed by atoms with Crippen LogP contribution in [0.5, 0.6) is 5.75 Å². The number of piperidine rings is 3. The Morgan fingerprint density at radius 2 is 1.73 bits per heavy atom. The molecule has 0 saturated carbocycles. The fraction of sp³-hybridized carbons (Fsp3) is 0.412. The number of anilines is 5. The molecule has 2 aromatic heterocycles. The van der Waals surface area contributed by atoms with Crippen LogP contribution < -0.4 is 30.9 Å². The number of methoxy groups -OCH3 is 1. The van der Waals surface area contributed by atoms with Crippen molar-refractivity contribution in [1.29, 1.82) is 0 Å². The summed E-state index contributed by atoms with van der Waals surface area (Å²) in [6.45, 7) is 11.3. The number of nitrogens with zero attached hydrogens (tertiary/aromatic N) is 6. The average Bonchev–Trinajstić information content (AvgIpc) is 3.66. The largest absolute Gasteiger partial charge is 0.494 e. The molecule has 3 amide bonds. The molecule has 9 rings (SSSR count). The van der Waals surface area contributed by atoms with Gasteiger partial charge in [-0.2, -0.15) is 4.98 Å². The first-order valence-electron chi connectivity index (χ1n) is 23.3. The van der Waals surface area contributed by atoms with E-state index in [2.05, 4.69) is 82.5 Å². The van der Waals surface area contributed by atoms with Gasteiger partial charge in [-0.3, -0.25) is 24.7 Å². The topological polar surface area (TPSA) is 162 Å². The number of halogens is 1.